The summed E-state index contributed by atoms with van der Waals surface area (Å²) in [7, 11) is 0. The first-order chi connectivity index (χ1) is 13.2. The molecule has 0 saturated carbocycles. The molecule has 3 aromatic heterocycles. The smallest absolute Gasteiger partial charge is 0.243 e. The molecule has 1 aliphatic rings. The lowest BCUT2D eigenvalue weighted by molar-refractivity contribution is 0.0160. The molecule has 1 aliphatic heterocycles. The molecule has 4 heterocycles. The molecule has 0 bridgehead atoms. The van der Waals surface area contributed by atoms with Crippen LogP contribution < -0.4 is 5.32 Å². The van der Waals surface area contributed by atoms with Crippen LogP contribution in [0.5, 0.6) is 0 Å². The molecule has 1 atom stereocenters. The van der Waals surface area contributed by atoms with E-state index < -0.39 is 0 Å². The van der Waals surface area contributed by atoms with Crippen LogP contribution in [0.25, 0.3) is 16.8 Å². The van der Waals surface area contributed by atoms with Crippen LogP contribution in [-0.2, 0) is 9.47 Å². The van der Waals surface area contributed by atoms with Gasteiger partial charge >= 0.3 is 0 Å². The van der Waals surface area contributed by atoms with Crippen LogP contribution in [0.1, 0.15) is 32.9 Å². The zero-order chi connectivity index (χ0) is 18.8. The Bertz CT molecular complexity index is 918. The number of hydrogen-bond acceptors (Lipinski definition) is 6. The summed E-state index contributed by atoms with van der Waals surface area (Å²) < 4.78 is 14.4. The second kappa shape index (κ2) is 7.84. The van der Waals surface area contributed by atoms with Gasteiger partial charge in [0.15, 0.2) is 5.65 Å². The highest BCUT2D eigenvalue weighted by Crippen LogP contribution is 2.31. The van der Waals surface area contributed by atoms with Gasteiger partial charge < -0.3 is 14.8 Å². The molecule has 0 aromatic carbocycles. The third kappa shape index (κ3) is 3.78. The van der Waals surface area contributed by atoms with Crippen molar-refractivity contribution in [3.8, 4) is 11.1 Å². The van der Waals surface area contributed by atoms with Crippen LogP contribution in [0, 0.1) is 0 Å². The number of halogens is 1. The molecule has 0 aliphatic carbocycles. The van der Waals surface area contributed by atoms with Crippen LogP contribution >= 0.6 is 11.6 Å². The molecule has 1 saturated heterocycles. The SMILES string of the molecule is CCOC(C)n1cc(-c2ccn3nc(NC4CCOCC4)nc3c2Cl)cn1. The number of fused-ring (bicyclic) bond motifs is 1. The summed E-state index contributed by atoms with van der Waals surface area (Å²) >= 11 is 6.64. The highest BCUT2D eigenvalue weighted by Gasteiger charge is 2.18. The van der Waals surface area contributed by atoms with Gasteiger partial charge in [-0.25, -0.2) is 9.20 Å². The normalized spacial score (nSPS) is 16.7. The van der Waals surface area contributed by atoms with Gasteiger partial charge in [-0.05, 0) is 32.8 Å². The van der Waals surface area contributed by atoms with Gasteiger partial charge in [-0.15, -0.1) is 5.10 Å². The van der Waals surface area contributed by atoms with E-state index in [0.29, 0.717) is 29.3 Å². The summed E-state index contributed by atoms with van der Waals surface area (Å²) in [5, 5.41) is 12.8. The molecule has 1 unspecified atom stereocenters. The number of nitrogens with zero attached hydrogens (tertiary/aromatic N) is 5. The summed E-state index contributed by atoms with van der Waals surface area (Å²) in [4.78, 5) is 4.58. The molecular formula is C18H23ClN6O2. The third-order valence-corrected chi connectivity index (χ3v) is 5.07. The number of pyridine rings is 1. The maximum absolute atomic E-state index is 6.64. The van der Waals surface area contributed by atoms with Crippen molar-refractivity contribution in [1.29, 1.82) is 0 Å². The maximum atomic E-state index is 6.64. The minimum absolute atomic E-state index is 0.130. The molecule has 0 spiro atoms. The molecule has 8 nitrogen and oxygen atoms in total. The highest BCUT2D eigenvalue weighted by atomic mass is 35.5. The maximum Gasteiger partial charge on any atom is 0.243 e. The molecule has 27 heavy (non-hydrogen) atoms. The molecule has 3 aromatic rings. The Morgan fingerprint density at radius 1 is 1.41 bits per heavy atom. The van der Waals surface area contributed by atoms with E-state index >= 15 is 0 Å². The van der Waals surface area contributed by atoms with E-state index in [1.807, 2.05) is 32.3 Å². The molecular weight excluding hydrogens is 368 g/mol. The number of aromatic nitrogens is 5. The molecule has 9 heteroatoms. The lowest BCUT2D eigenvalue weighted by Crippen LogP contribution is -2.28. The lowest BCUT2D eigenvalue weighted by atomic mass is 10.1. The van der Waals surface area contributed by atoms with E-state index in [1.165, 1.54) is 0 Å². The molecule has 0 radical (unpaired) electrons. The zero-order valence-corrected chi connectivity index (χ0v) is 16.2. The van der Waals surface area contributed by atoms with Crippen LogP contribution in [-0.4, -0.2) is 50.2 Å². The standard InChI is InChI=1S/C18H23ClN6O2/c1-3-27-12(2)25-11-13(10-20-25)15-4-7-24-17(16(15)19)22-18(23-24)21-14-5-8-26-9-6-14/h4,7,10-12,14H,3,5-6,8-9H2,1-2H3,(H,21,23). The van der Waals surface area contributed by atoms with E-state index in [1.54, 1.807) is 15.4 Å². The molecule has 144 valence electrons. The van der Waals surface area contributed by atoms with Gasteiger partial charge in [0, 0.05) is 49.4 Å². The van der Waals surface area contributed by atoms with Crippen LogP contribution in [0.4, 0.5) is 5.95 Å². The van der Waals surface area contributed by atoms with Crippen molar-refractivity contribution < 1.29 is 9.47 Å². The number of rotatable bonds is 6. The second-order valence-electron chi connectivity index (χ2n) is 6.54. The Labute approximate surface area is 162 Å². The van der Waals surface area contributed by atoms with Gasteiger partial charge in [0.2, 0.25) is 5.95 Å². The van der Waals surface area contributed by atoms with E-state index in [9.17, 15) is 0 Å². The summed E-state index contributed by atoms with van der Waals surface area (Å²) in [6.45, 7) is 6.08. The Kier molecular flexibility index (Phi) is 5.29. The van der Waals surface area contributed by atoms with Crippen LogP contribution in [0.15, 0.2) is 24.7 Å². The monoisotopic (exact) mass is 390 g/mol. The van der Waals surface area contributed by atoms with E-state index in [0.717, 1.165) is 37.2 Å². The minimum atomic E-state index is -0.130. The molecule has 1 N–H and O–H groups in total. The van der Waals surface area contributed by atoms with Gasteiger partial charge in [-0.3, -0.25) is 0 Å². The van der Waals surface area contributed by atoms with Gasteiger partial charge in [-0.2, -0.15) is 10.1 Å². The largest absolute Gasteiger partial charge is 0.381 e. The zero-order valence-electron chi connectivity index (χ0n) is 15.4. The van der Waals surface area contributed by atoms with E-state index in [-0.39, 0.29) is 6.23 Å². The first-order valence-electron chi connectivity index (χ1n) is 9.21. The first-order valence-corrected chi connectivity index (χ1v) is 9.58. The number of hydrogen-bond donors (Lipinski definition) is 1. The Morgan fingerprint density at radius 2 is 2.22 bits per heavy atom. The van der Waals surface area contributed by atoms with Crippen molar-refractivity contribution in [3.05, 3.63) is 29.7 Å². The fraction of sp³-hybridized carbons (Fsp3) is 0.500. The Morgan fingerprint density at radius 3 is 3.00 bits per heavy atom. The van der Waals surface area contributed by atoms with E-state index in [4.69, 9.17) is 21.1 Å². The van der Waals surface area contributed by atoms with Crippen LogP contribution in [0.3, 0.4) is 0 Å². The third-order valence-electron chi connectivity index (χ3n) is 4.69. The highest BCUT2D eigenvalue weighted by molar-refractivity contribution is 6.36. The molecule has 1 fully saturated rings. The van der Waals surface area contributed by atoms with Crippen molar-refractivity contribution in [3.63, 3.8) is 0 Å². The van der Waals surface area contributed by atoms with Gasteiger partial charge in [-0.1, -0.05) is 11.6 Å². The van der Waals surface area contributed by atoms with Crippen molar-refractivity contribution in [2.75, 3.05) is 25.1 Å². The number of anilines is 1. The molecule has 4 rings (SSSR count). The van der Waals surface area contributed by atoms with Gasteiger partial charge in [0.05, 0.1) is 11.2 Å². The average Bonchev–Trinajstić information content (AvgIpc) is 3.31. The van der Waals surface area contributed by atoms with Crippen molar-refractivity contribution in [2.24, 2.45) is 0 Å². The number of nitrogens with one attached hydrogen (secondary N) is 1. The minimum Gasteiger partial charge on any atom is -0.381 e. The molecule has 0 amide bonds. The predicted octanol–water partition coefficient (Wildman–Crippen LogP) is 3.39. The summed E-state index contributed by atoms with van der Waals surface area (Å²) in [5.74, 6) is 0.585. The summed E-state index contributed by atoms with van der Waals surface area (Å²) in [5.41, 5.74) is 2.40. The average molecular weight is 391 g/mol. The topological polar surface area (TPSA) is 78.5 Å². The number of ether oxygens (including phenoxy) is 2. The summed E-state index contributed by atoms with van der Waals surface area (Å²) in [6, 6.07) is 2.25. The first kappa shape index (κ1) is 18.2. The summed E-state index contributed by atoms with van der Waals surface area (Å²) in [6.07, 6.45) is 7.34. The fourth-order valence-electron chi connectivity index (χ4n) is 3.22. The Balaban J connectivity index is 1.60. The van der Waals surface area contributed by atoms with Gasteiger partial charge in [0.25, 0.3) is 0 Å². The van der Waals surface area contributed by atoms with Crippen LogP contribution in [0.2, 0.25) is 5.02 Å². The van der Waals surface area contributed by atoms with Crippen molar-refractivity contribution >= 4 is 23.2 Å². The lowest BCUT2D eigenvalue weighted by Gasteiger charge is -2.22. The van der Waals surface area contributed by atoms with Crippen molar-refractivity contribution in [1.82, 2.24) is 24.4 Å². The Hall–Kier alpha value is -2.16. The van der Waals surface area contributed by atoms with E-state index in [2.05, 4.69) is 20.5 Å². The fourth-order valence-corrected chi connectivity index (χ4v) is 3.52. The second-order valence-corrected chi connectivity index (χ2v) is 6.92. The quantitative estimate of drug-likeness (QED) is 0.695. The van der Waals surface area contributed by atoms with Gasteiger partial charge in [0.1, 0.15) is 6.23 Å². The predicted molar refractivity (Wildman–Crippen MR) is 103 cm³/mol. The van der Waals surface area contributed by atoms with Crippen molar-refractivity contribution in [2.45, 2.75) is 39.0 Å².